The zero-order chi connectivity index (χ0) is 11.4. The van der Waals surface area contributed by atoms with Crippen LogP contribution >= 0.6 is 0 Å². The molecule has 0 spiro atoms. The highest BCUT2D eigenvalue weighted by Crippen LogP contribution is 2.15. The lowest BCUT2D eigenvalue weighted by molar-refractivity contribution is 0.111. The molecule has 0 aromatic carbocycles. The number of aldehydes is 1. The molecule has 0 aliphatic heterocycles. The lowest BCUT2D eigenvalue weighted by Crippen LogP contribution is -2.20. The van der Waals surface area contributed by atoms with E-state index in [1.807, 2.05) is 32.6 Å². The Morgan fingerprint density at radius 3 is 2.60 bits per heavy atom. The highest BCUT2D eigenvalue weighted by atomic mass is 16.1. The molecule has 0 aliphatic carbocycles. The third-order valence-electron chi connectivity index (χ3n) is 2.22. The minimum absolute atomic E-state index is 0.266. The van der Waals surface area contributed by atoms with Crippen LogP contribution in [0.5, 0.6) is 0 Å². The van der Waals surface area contributed by atoms with Crippen molar-refractivity contribution in [2.75, 3.05) is 20.6 Å². The topological polar surface area (TPSA) is 51.0 Å². The number of hydrogen-bond acceptors (Lipinski definition) is 4. The van der Waals surface area contributed by atoms with Crippen LogP contribution in [0.15, 0.2) is 0 Å². The van der Waals surface area contributed by atoms with Crippen LogP contribution < -0.4 is 0 Å². The molecule has 84 valence electrons. The van der Waals surface area contributed by atoms with E-state index in [1.54, 1.807) is 0 Å². The standard InChI is InChI=1S/C10H18N4O/c1-8(2)10-9(7-15)11-12-14(10)6-5-13(3)4/h7-8H,5-6H2,1-4H3. The summed E-state index contributed by atoms with van der Waals surface area (Å²) in [6, 6.07) is 0. The Morgan fingerprint density at radius 2 is 2.13 bits per heavy atom. The van der Waals surface area contributed by atoms with Crippen LogP contribution in [0.2, 0.25) is 0 Å². The zero-order valence-corrected chi connectivity index (χ0v) is 9.77. The van der Waals surface area contributed by atoms with Gasteiger partial charge in [0.05, 0.1) is 12.2 Å². The lowest BCUT2D eigenvalue weighted by atomic mass is 10.1. The van der Waals surface area contributed by atoms with Crippen molar-refractivity contribution in [1.29, 1.82) is 0 Å². The van der Waals surface area contributed by atoms with Crippen molar-refractivity contribution >= 4 is 6.29 Å². The summed E-state index contributed by atoms with van der Waals surface area (Å²) >= 11 is 0. The number of likely N-dealkylation sites (N-methyl/N-ethyl adjacent to an activating group) is 1. The van der Waals surface area contributed by atoms with Gasteiger partial charge in [-0.25, -0.2) is 4.68 Å². The molecule has 5 heteroatoms. The van der Waals surface area contributed by atoms with E-state index in [4.69, 9.17) is 0 Å². The molecule has 0 amide bonds. The van der Waals surface area contributed by atoms with Crippen LogP contribution in [0.25, 0.3) is 0 Å². The molecule has 0 saturated heterocycles. The van der Waals surface area contributed by atoms with Gasteiger partial charge in [0.15, 0.2) is 6.29 Å². The molecule has 0 N–H and O–H groups in total. The fourth-order valence-corrected chi connectivity index (χ4v) is 1.47. The number of carbonyl (C=O) groups excluding carboxylic acids is 1. The summed E-state index contributed by atoms with van der Waals surface area (Å²) in [5.74, 6) is 0.266. The molecule has 0 unspecified atom stereocenters. The molecular formula is C10H18N4O. The molecule has 0 bridgehead atoms. The fourth-order valence-electron chi connectivity index (χ4n) is 1.47. The van der Waals surface area contributed by atoms with E-state index in [9.17, 15) is 4.79 Å². The van der Waals surface area contributed by atoms with Crippen molar-refractivity contribution in [3.8, 4) is 0 Å². The van der Waals surface area contributed by atoms with Gasteiger partial charge in [0.2, 0.25) is 0 Å². The van der Waals surface area contributed by atoms with Crippen LogP contribution in [0.4, 0.5) is 0 Å². The van der Waals surface area contributed by atoms with Crippen molar-refractivity contribution in [3.05, 3.63) is 11.4 Å². The highest BCUT2D eigenvalue weighted by Gasteiger charge is 2.15. The maximum atomic E-state index is 10.8. The fraction of sp³-hybridized carbons (Fsp3) is 0.700. The van der Waals surface area contributed by atoms with Gasteiger partial charge < -0.3 is 4.90 Å². The molecule has 0 saturated carbocycles. The number of aromatic nitrogens is 3. The number of carbonyl (C=O) groups is 1. The molecule has 1 heterocycles. The van der Waals surface area contributed by atoms with E-state index in [1.165, 1.54) is 0 Å². The van der Waals surface area contributed by atoms with Gasteiger partial charge in [-0.05, 0) is 20.0 Å². The number of nitrogens with zero attached hydrogens (tertiary/aromatic N) is 4. The Bertz CT molecular complexity index is 330. The van der Waals surface area contributed by atoms with Crippen LogP contribution in [0, 0.1) is 0 Å². The van der Waals surface area contributed by atoms with Gasteiger partial charge in [0.25, 0.3) is 0 Å². The summed E-state index contributed by atoms with van der Waals surface area (Å²) in [4.78, 5) is 12.8. The van der Waals surface area contributed by atoms with Gasteiger partial charge in [0, 0.05) is 6.54 Å². The first-order valence-corrected chi connectivity index (χ1v) is 5.09. The first-order chi connectivity index (χ1) is 7.06. The summed E-state index contributed by atoms with van der Waals surface area (Å²) < 4.78 is 1.81. The van der Waals surface area contributed by atoms with Gasteiger partial charge in [-0.3, -0.25) is 4.79 Å². The Balaban J connectivity index is 2.87. The van der Waals surface area contributed by atoms with Gasteiger partial charge in [-0.1, -0.05) is 19.1 Å². The van der Waals surface area contributed by atoms with Crippen molar-refractivity contribution in [2.45, 2.75) is 26.3 Å². The zero-order valence-electron chi connectivity index (χ0n) is 9.77. The average molecular weight is 210 g/mol. The largest absolute Gasteiger partial charge is 0.308 e. The number of hydrogen-bond donors (Lipinski definition) is 0. The van der Waals surface area contributed by atoms with E-state index in [2.05, 4.69) is 15.2 Å². The quantitative estimate of drug-likeness (QED) is 0.674. The molecule has 0 fully saturated rings. The normalized spacial score (nSPS) is 11.3. The van der Waals surface area contributed by atoms with Crippen molar-refractivity contribution in [2.24, 2.45) is 0 Å². The van der Waals surface area contributed by atoms with Crippen molar-refractivity contribution < 1.29 is 4.79 Å². The predicted molar refractivity (Wildman–Crippen MR) is 58.1 cm³/mol. The van der Waals surface area contributed by atoms with Crippen LogP contribution in [-0.4, -0.2) is 46.8 Å². The summed E-state index contributed by atoms with van der Waals surface area (Å²) in [5, 5.41) is 7.85. The third kappa shape index (κ3) is 2.86. The van der Waals surface area contributed by atoms with E-state index < -0.39 is 0 Å². The van der Waals surface area contributed by atoms with E-state index >= 15 is 0 Å². The molecule has 5 nitrogen and oxygen atoms in total. The van der Waals surface area contributed by atoms with Crippen LogP contribution in [0.3, 0.4) is 0 Å². The second-order valence-corrected chi connectivity index (χ2v) is 4.16. The Morgan fingerprint density at radius 1 is 1.47 bits per heavy atom. The van der Waals surface area contributed by atoms with Crippen LogP contribution in [0.1, 0.15) is 35.9 Å². The average Bonchev–Trinajstić information content (AvgIpc) is 2.57. The predicted octanol–water partition coefficient (Wildman–Crippen LogP) is 0.776. The lowest BCUT2D eigenvalue weighted by Gasteiger charge is -2.12. The van der Waals surface area contributed by atoms with Gasteiger partial charge in [-0.2, -0.15) is 0 Å². The van der Waals surface area contributed by atoms with Gasteiger partial charge in [0.1, 0.15) is 5.69 Å². The molecule has 15 heavy (non-hydrogen) atoms. The Hall–Kier alpha value is -1.23. The third-order valence-corrected chi connectivity index (χ3v) is 2.22. The maximum absolute atomic E-state index is 10.8. The second-order valence-electron chi connectivity index (χ2n) is 4.16. The van der Waals surface area contributed by atoms with E-state index in [0.29, 0.717) is 5.69 Å². The summed E-state index contributed by atoms with van der Waals surface area (Å²) in [6.45, 7) is 5.73. The van der Waals surface area contributed by atoms with Gasteiger partial charge >= 0.3 is 0 Å². The molecule has 1 aromatic heterocycles. The minimum Gasteiger partial charge on any atom is -0.308 e. The summed E-state index contributed by atoms with van der Waals surface area (Å²) in [5.41, 5.74) is 1.38. The van der Waals surface area contributed by atoms with Crippen LogP contribution in [-0.2, 0) is 6.54 Å². The summed E-state index contributed by atoms with van der Waals surface area (Å²) in [6.07, 6.45) is 0.772. The monoisotopic (exact) mass is 210 g/mol. The molecule has 0 radical (unpaired) electrons. The smallest absolute Gasteiger partial charge is 0.172 e. The number of rotatable bonds is 5. The summed E-state index contributed by atoms with van der Waals surface area (Å²) in [7, 11) is 4.01. The highest BCUT2D eigenvalue weighted by molar-refractivity contribution is 5.73. The molecule has 1 rings (SSSR count). The van der Waals surface area contributed by atoms with Crippen molar-refractivity contribution in [1.82, 2.24) is 19.9 Å². The SMILES string of the molecule is CC(C)c1c(C=O)nnn1CCN(C)C. The molecule has 0 atom stereocenters. The molecule has 1 aromatic rings. The minimum atomic E-state index is 0.266. The molecular weight excluding hydrogens is 192 g/mol. The molecule has 0 aliphatic rings. The maximum Gasteiger partial charge on any atom is 0.172 e. The van der Waals surface area contributed by atoms with Gasteiger partial charge in [-0.15, -0.1) is 5.10 Å². The first-order valence-electron chi connectivity index (χ1n) is 5.09. The van der Waals surface area contributed by atoms with E-state index in [-0.39, 0.29) is 5.92 Å². The Kier molecular flexibility index (Phi) is 3.96. The Labute approximate surface area is 90.1 Å². The van der Waals surface area contributed by atoms with Crippen molar-refractivity contribution in [3.63, 3.8) is 0 Å². The first kappa shape index (κ1) is 11.8. The van der Waals surface area contributed by atoms with E-state index in [0.717, 1.165) is 25.1 Å². The second kappa shape index (κ2) is 5.02.